The van der Waals surface area contributed by atoms with Crippen molar-refractivity contribution in [3.8, 4) is 0 Å². The van der Waals surface area contributed by atoms with Gasteiger partial charge in [0.2, 0.25) is 11.8 Å². The molecule has 27 heavy (non-hydrogen) atoms. The minimum Gasteiger partial charge on any atom is -0.353 e. The fraction of sp³-hybridized carbons (Fsp3) is 0.636. The van der Waals surface area contributed by atoms with Crippen LogP contribution in [0.15, 0.2) is 24.3 Å². The smallest absolute Gasteiger partial charge is 0.237 e. The molecule has 1 atom stereocenters. The summed E-state index contributed by atoms with van der Waals surface area (Å²) in [6.07, 6.45) is 4.13. The van der Waals surface area contributed by atoms with Crippen LogP contribution in [0.5, 0.6) is 0 Å². The molecular weight excluding hydrogens is 338 g/mol. The fourth-order valence-corrected chi connectivity index (χ4v) is 4.80. The lowest BCUT2D eigenvalue weighted by Gasteiger charge is -2.40. The summed E-state index contributed by atoms with van der Waals surface area (Å²) >= 11 is 0. The average molecular weight is 372 g/mol. The maximum Gasteiger partial charge on any atom is 0.237 e. The van der Waals surface area contributed by atoms with E-state index in [1.165, 1.54) is 11.1 Å². The molecule has 1 unspecified atom stereocenters. The Morgan fingerprint density at radius 3 is 2.37 bits per heavy atom. The molecule has 1 fully saturated rings. The van der Waals surface area contributed by atoms with Gasteiger partial charge in [0.15, 0.2) is 0 Å². The number of nitrogens with zero attached hydrogens (tertiary/aromatic N) is 2. The Morgan fingerprint density at radius 2 is 1.81 bits per heavy atom. The molecule has 5 heteroatoms. The van der Waals surface area contributed by atoms with E-state index in [1.807, 2.05) is 11.8 Å². The van der Waals surface area contributed by atoms with E-state index in [0.717, 1.165) is 32.2 Å². The van der Waals surface area contributed by atoms with Crippen molar-refractivity contribution < 1.29 is 9.59 Å². The minimum absolute atomic E-state index is 0.00570. The maximum absolute atomic E-state index is 13.0. The second kappa shape index (κ2) is 8.87. The van der Waals surface area contributed by atoms with Crippen LogP contribution in [-0.2, 0) is 22.4 Å². The van der Waals surface area contributed by atoms with Crippen molar-refractivity contribution in [3.63, 3.8) is 0 Å². The topological polar surface area (TPSA) is 52.7 Å². The van der Waals surface area contributed by atoms with Crippen molar-refractivity contribution in [3.05, 3.63) is 35.4 Å². The first-order valence-corrected chi connectivity index (χ1v) is 10.5. The molecule has 2 aliphatic rings. The molecule has 0 aromatic heterocycles. The van der Waals surface area contributed by atoms with E-state index in [1.54, 1.807) is 0 Å². The zero-order valence-electron chi connectivity index (χ0n) is 16.9. The Labute approximate surface area is 163 Å². The summed E-state index contributed by atoms with van der Waals surface area (Å²) in [6.45, 7) is 8.47. The van der Waals surface area contributed by atoms with E-state index in [0.29, 0.717) is 19.1 Å². The lowest BCUT2D eigenvalue weighted by Crippen LogP contribution is -2.60. The van der Waals surface area contributed by atoms with E-state index >= 15 is 0 Å². The molecule has 0 spiro atoms. The van der Waals surface area contributed by atoms with E-state index in [2.05, 4.69) is 48.3 Å². The van der Waals surface area contributed by atoms with Crippen LogP contribution in [0.4, 0.5) is 0 Å². The van der Waals surface area contributed by atoms with Crippen molar-refractivity contribution in [1.82, 2.24) is 15.1 Å². The second-order valence-electron chi connectivity index (χ2n) is 7.73. The molecule has 1 aliphatic heterocycles. The molecule has 1 N–H and O–H groups in total. The van der Waals surface area contributed by atoms with Crippen LogP contribution in [0, 0.1) is 0 Å². The van der Waals surface area contributed by atoms with E-state index < -0.39 is 0 Å². The first-order valence-electron chi connectivity index (χ1n) is 10.5. The van der Waals surface area contributed by atoms with Gasteiger partial charge in [-0.2, -0.15) is 0 Å². The van der Waals surface area contributed by atoms with Crippen molar-refractivity contribution in [2.45, 2.75) is 71.0 Å². The lowest BCUT2D eigenvalue weighted by molar-refractivity contribution is -0.141. The highest BCUT2D eigenvalue weighted by Gasteiger charge is 2.39. The molecule has 2 amide bonds. The average Bonchev–Trinajstić information content (AvgIpc) is 3.11. The van der Waals surface area contributed by atoms with E-state index in [4.69, 9.17) is 0 Å². The molecular formula is C22H33N3O2. The summed E-state index contributed by atoms with van der Waals surface area (Å²) in [5.74, 6) is 0.111. The third-order valence-electron chi connectivity index (χ3n) is 6.28. The Kier molecular flexibility index (Phi) is 6.53. The summed E-state index contributed by atoms with van der Waals surface area (Å²) in [5, 5.41) is 2.97. The summed E-state index contributed by atoms with van der Waals surface area (Å²) in [6, 6.07) is 8.76. The number of hydrogen-bond acceptors (Lipinski definition) is 3. The molecule has 1 aromatic rings. The van der Waals surface area contributed by atoms with Crippen LogP contribution in [0.2, 0.25) is 0 Å². The van der Waals surface area contributed by atoms with Gasteiger partial charge in [0.05, 0.1) is 12.5 Å². The molecule has 0 saturated carbocycles. The number of benzene rings is 1. The summed E-state index contributed by atoms with van der Waals surface area (Å²) in [7, 11) is 0. The Hall–Kier alpha value is -1.88. The fourth-order valence-electron chi connectivity index (χ4n) is 4.80. The van der Waals surface area contributed by atoms with Crippen molar-refractivity contribution in [2.24, 2.45) is 0 Å². The monoisotopic (exact) mass is 371 g/mol. The van der Waals surface area contributed by atoms with Crippen molar-refractivity contribution in [2.75, 3.05) is 19.6 Å². The van der Waals surface area contributed by atoms with Crippen LogP contribution in [0.25, 0.3) is 0 Å². The highest BCUT2D eigenvalue weighted by atomic mass is 16.2. The van der Waals surface area contributed by atoms with Gasteiger partial charge in [0.1, 0.15) is 0 Å². The van der Waals surface area contributed by atoms with Gasteiger partial charge in [0, 0.05) is 31.7 Å². The normalized spacial score (nSPS) is 20.6. The highest BCUT2D eigenvalue weighted by molar-refractivity contribution is 5.89. The predicted octanol–water partition coefficient (Wildman–Crippen LogP) is 2.38. The molecule has 1 aliphatic carbocycles. The second-order valence-corrected chi connectivity index (χ2v) is 7.73. The Bertz CT molecular complexity index is 646. The lowest BCUT2D eigenvalue weighted by atomic mass is 10.0. The van der Waals surface area contributed by atoms with Gasteiger partial charge in [-0.05, 0) is 43.7 Å². The highest BCUT2D eigenvalue weighted by Crippen LogP contribution is 2.28. The van der Waals surface area contributed by atoms with Crippen LogP contribution < -0.4 is 5.32 Å². The van der Waals surface area contributed by atoms with Crippen molar-refractivity contribution in [1.29, 1.82) is 0 Å². The number of piperazine rings is 1. The van der Waals surface area contributed by atoms with Gasteiger partial charge < -0.3 is 10.2 Å². The molecule has 1 aromatic carbocycles. The predicted molar refractivity (Wildman–Crippen MR) is 108 cm³/mol. The number of fused-ring (bicyclic) bond motifs is 1. The standard InChI is InChI=1S/C22H33N3O2/c1-4-18(5-2)24(6-3)21(26)15-20-22(27)23-11-12-25(20)19-13-16-9-7-8-10-17(16)14-19/h7-10,18-20H,4-6,11-15H2,1-3H3,(H,23,27). The molecule has 0 bridgehead atoms. The molecule has 1 heterocycles. The largest absolute Gasteiger partial charge is 0.353 e. The molecule has 0 radical (unpaired) electrons. The quantitative estimate of drug-likeness (QED) is 0.801. The number of rotatable bonds is 7. The van der Waals surface area contributed by atoms with Gasteiger partial charge in [-0.25, -0.2) is 0 Å². The Balaban J connectivity index is 1.73. The van der Waals surface area contributed by atoms with Gasteiger partial charge in [-0.15, -0.1) is 0 Å². The third-order valence-corrected chi connectivity index (χ3v) is 6.28. The zero-order chi connectivity index (χ0) is 19.4. The van der Waals surface area contributed by atoms with Gasteiger partial charge in [-0.1, -0.05) is 38.1 Å². The SMILES string of the molecule is CCC(CC)N(CC)C(=O)CC1C(=O)NCCN1C1Cc2ccccc2C1. The summed E-state index contributed by atoms with van der Waals surface area (Å²) in [4.78, 5) is 30.0. The molecule has 148 valence electrons. The number of amides is 2. The third kappa shape index (κ3) is 4.18. The Morgan fingerprint density at radius 1 is 1.19 bits per heavy atom. The zero-order valence-corrected chi connectivity index (χ0v) is 16.9. The van der Waals surface area contributed by atoms with Crippen LogP contribution in [0.3, 0.4) is 0 Å². The molecule has 3 rings (SSSR count). The first-order chi connectivity index (χ1) is 13.1. The van der Waals surface area contributed by atoms with E-state index in [-0.39, 0.29) is 30.3 Å². The first kappa shape index (κ1) is 19.9. The van der Waals surface area contributed by atoms with Gasteiger partial charge >= 0.3 is 0 Å². The minimum atomic E-state index is -0.353. The van der Waals surface area contributed by atoms with E-state index in [9.17, 15) is 9.59 Å². The van der Waals surface area contributed by atoms with Gasteiger partial charge in [-0.3, -0.25) is 14.5 Å². The summed E-state index contributed by atoms with van der Waals surface area (Å²) < 4.78 is 0. The molecule has 5 nitrogen and oxygen atoms in total. The van der Waals surface area contributed by atoms with Crippen molar-refractivity contribution >= 4 is 11.8 Å². The van der Waals surface area contributed by atoms with Crippen LogP contribution in [-0.4, -0.2) is 59.4 Å². The maximum atomic E-state index is 13.0. The van der Waals surface area contributed by atoms with Gasteiger partial charge in [0.25, 0.3) is 0 Å². The number of hydrogen-bond donors (Lipinski definition) is 1. The van der Waals surface area contributed by atoms with Crippen LogP contribution in [0.1, 0.15) is 51.2 Å². The summed E-state index contributed by atoms with van der Waals surface area (Å²) in [5.41, 5.74) is 2.76. The number of carbonyl (C=O) groups is 2. The molecule has 1 saturated heterocycles. The number of carbonyl (C=O) groups excluding carboxylic acids is 2. The number of nitrogens with one attached hydrogen (secondary N) is 1. The van der Waals surface area contributed by atoms with Crippen LogP contribution >= 0.6 is 0 Å².